The molecule has 2 heterocycles. The number of hydrogen-bond donors (Lipinski definition) is 1. The fourth-order valence-electron chi connectivity index (χ4n) is 4.15. The van der Waals surface area contributed by atoms with E-state index in [0.29, 0.717) is 29.2 Å². The Balaban J connectivity index is 2.01. The van der Waals surface area contributed by atoms with Crippen molar-refractivity contribution in [3.05, 3.63) is 45.7 Å². The minimum Gasteiger partial charge on any atom is -0.496 e. The van der Waals surface area contributed by atoms with Crippen molar-refractivity contribution in [2.24, 2.45) is 11.7 Å². The van der Waals surface area contributed by atoms with E-state index in [4.69, 9.17) is 31.5 Å². The first kappa shape index (κ1) is 18.1. The predicted molar refractivity (Wildman–Crippen MR) is 101 cm³/mol. The average molecular weight is 389 g/mol. The number of halogens is 1. The van der Waals surface area contributed by atoms with Gasteiger partial charge >= 0.3 is 0 Å². The Morgan fingerprint density at radius 3 is 2.67 bits per heavy atom. The third-order valence-electron chi connectivity index (χ3n) is 5.54. The number of aryl methyl sites for hydroxylation is 1. The first-order valence-corrected chi connectivity index (χ1v) is 9.14. The summed E-state index contributed by atoms with van der Waals surface area (Å²) in [4.78, 5) is 18.4. The van der Waals surface area contributed by atoms with Crippen molar-refractivity contribution in [3.8, 4) is 17.2 Å². The fraction of sp³-hybridized carbons (Fsp3) is 0.400. The molecule has 3 atom stereocenters. The van der Waals surface area contributed by atoms with E-state index < -0.39 is 5.60 Å². The van der Waals surface area contributed by atoms with Gasteiger partial charge in [0.2, 0.25) is 11.4 Å². The number of carbonyl (C=O) groups is 1. The molecule has 0 saturated heterocycles. The van der Waals surface area contributed by atoms with Crippen LogP contribution in [0.2, 0.25) is 5.02 Å². The summed E-state index contributed by atoms with van der Waals surface area (Å²) in [6.07, 6.45) is 0.592. The number of benzene rings is 1. The Morgan fingerprint density at radius 1 is 1.30 bits per heavy atom. The summed E-state index contributed by atoms with van der Waals surface area (Å²) in [6.45, 7) is 3.83. The molecule has 2 aliphatic rings. The van der Waals surface area contributed by atoms with Gasteiger partial charge in [0, 0.05) is 23.7 Å². The quantitative estimate of drug-likeness (QED) is 0.846. The van der Waals surface area contributed by atoms with Gasteiger partial charge in [0.05, 0.1) is 19.9 Å². The van der Waals surface area contributed by atoms with E-state index in [1.165, 1.54) is 14.2 Å². The van der Waals surface area contributed by atoms with Crippen LogP contribution in [0, 0.1) is 12.8 Å². The van der Waals surface area contributed by atoms with Crippen molar-refractivity contribution in [1.29, 1.82) is 0 Å². The van der Waals surface area contributed by atoms with E-state index in [1.54, 1.807) is 6.07 Å². The summed E-state index contributed by atoms with van der Waals surface area (Å²) in [5.41, 5.74) is 7.56. The van der Waals surface area contributed by atoms with E-state index >= 15 is 0 Å². The molecular weight excluding hydrogens is 368 g/mol. The van der Waals surface area contributed by atoms with E-state index in [0.717, 1.165) is 11.3 Å². The molecule has 1 aliphatic carbocycles. The molecule has 6 nitrogen and oxygen atoms in total. The van der Waals surface area contributed by atoms with E-state index in [2.05, 4.69) is 4.98 Å². The molecule has 1 aromatic carbocycles. The third kappa shape index (κ3) is 2.29. The second-order valence-corrected chi connectivity index (χ2v) is 7.48. The maximum atomic E-state index is 13.7. The number of carbonyl (C=O) groups excluding carboxylic acids is 1. The minimum atomic E-state index is -1.27. The number of pyridine rings is 1. The summed E-state index contributed by atoms with van der Waals surface area (Å²) in [5, 5.41) is 0.245. The lowest BCUT2D eigenvalue weighted by Gasteiger charge is -2.40. The summed E-state index contributed by atoms with van der Waals surface area (Å²) < 4.78 is 17.1. The van der Waals surface area contributed by atoms with Crippen LogP contribution in [-0.4, -0.2) is 25.0 Å². The third-order valence-corrected chi connectivity index (χ3v) is 5.89. The largest absolute Gasteiger partial charge is 0.496 e. The van der Waals surface area contributed by atoms with Gasteiger partial charge in [-0.15, -0.1) is 0 Å². The lowest BCUT2D eigenvalue weighted by molar-refractivity contribution is 0.0153. The van der Waals surface area contributed by atoms with Crippen LogP contribution in [0.1, 0.15) is 46.7 Å². The van der Waals surface area contributed by atoms with Gasteiger partial charge in [0.25, 0.3) is 0 Å². The maximum absolute atomic E-state index is 13.7. The van der Waals surface area contributed by atoms with E-state index in [1.807, 2.05) is 26.0 Å². The molecule has 1 aliphatic heterocycles. The van der Waals surface area contributed by atoms with Gasteiger partial charge in [-0.25, -0.2) is 0 Å². The number of methoxy groups -OCH3 is 2. The molecule has 0 fully saturated rings. The fourth-order valence-corrected chi connectivity index (χ4v) is 4.42. The first-order chi connectivity index (χ1) is 12.8. The van der Waals surface area contributed by atoms with Gasteiger partial charge in [-0.05, 0) is 25.0 Å². The van der Waals surface area contributed by atoms with Crippen molar-refractivity contribution in [3.63, 3.8) is 0 Å². The van der Waals surface area contributed by atoms with Crippen LogP contribution in [-0.2, 0) is 5.60 Å². The van der Waals surface area contributed by atoms with Gasteiger partial charge in [-0.3, -0.25) is 9.78 Å². The molecule has 1 spiro atoms. The minimum absolute atomic E-state index is 0.194. The second-order valence-electron chi connectivity index (χ2n) is 7.10. The van der Waals surface area contributed by atoms with Crippen molar-refractivity contribution >= 4 is 17.4 Å². The lowest BCUT2D eigenvalue weighted by Crippen LogP contribution is -2.49. The number of hydrogen-bond acceptors (Lipinski definition) is 6. The van der Waals surface area contributed by atoms with E-state index in [9.17, 15) is 4.79 Å². The zero-order valence-corrected chi connectivity index (χ0v) is 16.4. The number of ether oxygens (including phenoxy) is 3. The monoisotopic (exact) mass is 388 g/mol. The topological polar surface area (TPSA) is 83.7 Å². The van der Waals surface area contributed by atoms with Crippen molar-refractivity contribution in [2.75, 3.05) is 14.2 Å². The van der Waals surface area contributed by atoms with Crippen molar-refractivity contribution in [1.82, 2.24) is 4.98 Å². The highest BCUT2D eigenvalue weighted by Crippen LogP contribution is 2.57. The first-order valence-electron chi connectivity index (χ1n) is 8.77. The highest BCUT2D eigenvalue weighted by molar-refractivity contribution is 6.35. The van der Waals surface area contributed by atoms with Crippen LogP contribution in [0.15, 0.2) is 18.2 Å². The van der Waals surface area contributed by atoms with E-state index in [-0.39, 0.29) is 28.5 Å². The highest BCUT2D eigenvalue weighted by atomic mass is 35.5. The number of aromatic nitrogens is 1. The Bertz CT molecular complexity index is 961. The zero-order valence-electron chi connectivity index (χ0n) is 15.6. The molecule has 4 rings (SSSR count). The van der Waals surface area contributed by atoms with Gasteiger partial charge in [-0.1, -0.05) is 24.6 Å². The molecule has 1 aromatic heterocycles. The standard InChI is InChI=1S/C20H21ClN2O4/c1-9-7-12(22)11-6-5-10(2)23-18(11)20(9)19(24)15-13(25-3)8-14(26-4)16(21)17(15)27-20/h5-6,8-9,12H,7,22H2,1-4H3. The molecular formula is C20H21ClN2O4. The van der Waals surface area contributed by atoms with Crippen LogP contribution in [0.3, 0.4) is 0 Å². The Morgan fingerprint density at radius 2 is 2.00 bits per heavy atom. The van der Waals surface area contributed by atoms with Crippen molar-refractivity contribution in [2.45, 2.75) is 31.9 Å². The van der Waals surface area contributed by atoms with Crippen LogP contribution in [0.5, 0.6) is 17.2 Å². The summed E-state index contributed by atoms with van der Waals surface area (Å²) in [5.74, 6) is 0.618. The van der Waals surface area contributed by atoms with Gasteiger partial charge in [0.1, 0.15) is 22.1 Å². The Labute approximate surface area is 162 Å². The molecule has 7 heteroatoms. The van der Waals surface area contributed by atoms with Crippen LogP contribution in [0.4, 0.5) is 0 Å². The number of rotatable bonds is 2. The van der Waals surface area contributed by atoms with Gasteiger partial charge in [0.15, 0.2) is 5.75 Å². The molecule has 27 heavy (non-hydrogen) atoms. The molecule has 2 aromatic rings. The van der Waals surface area contributed by atoms with Crippen molar-refractivity contribution < 1.29 is 19.0 Å². The van der Waals surface area contributed by atoms with Gasteiger partial charge < -0.3 is 19.9 Å². The van der Waals surface area contributed by atoms with Crippen LogP contribution < -0.4 is 19.9 Å². The number of fused-ring (bicyclic) bond motifs is 3. The number of nitrogens with zero attached hydrogens (tertiary/aromatic N) is 1. The normalized spacial score (nSPS) is 25.8. The predicted octanol–water partition coefficient (Wildman–Crippen LogP) is 3.57. The zero-order chi connectivity index (χ0) is 19.5. The number of ketones is 1. The smallest absolute Gasteiger partial charge is 0.220 e. The molecule has 3 unspecified atom stereocenters. The van der Waals surface area contributed by atoms with Crippen LogP contribution in [0.25, 0.3) is 0 Å². The highest BCUT2D eigenvalue weighted by Gasteiger charge is 2.59. The van der Waals surface area contributed by atoms with Gasteiger partial charge in [-0.2, -0.15) is 0 Å². The second kappa shape index (κ2) is 6.11. The molecule has 142 valence electrons. The number of nitrogens with two attached hydrogens (primary N) is 1. The molecule has 0 radical (unpaired) electrons. The molecule has 2 N–H and O–H groups in total. The summed E-state index contributed by atoms with van der Waals surface area (Å²) in [6, 6.07) is 5.21. The average Bonchev–Trinajstić information content (AvgIpc) is 2.96. The van der Waals surface area contributed by atoms with Crippen LogP contribution >= 0.6 is 11.6 Å². The summed E-state index contributed by atoms with van der Waals surface area (Å²) >= 11 is 6.48. The number of Topliss-reactive ketones (excluding diaryl/α,β-unsaturated/α-hetero) is 1. The summed E-state index contributed by atoms with van der Waals surface area (Å²) in [7, 11) is 3.00. The SMILES string of the molecule is COc1cc(OC)c2c(c1Cl)OC1(C2=O)c2nc(C)ccc2C(N)CC1C. The molecule has 0 amide bonds. The molecule has 0 saturated carbocycles. The Hall–Kier alpha value is -2.31. The lowest BCUT2D eigenvalue weighted by atomic mass is 9.70. The maximum Gasteiger partial charge on any atom is 0.220 e. The molecule has 0 bridgehead atoms. The Kier molecular flexibility index (Phi) is 4.09.